The van der Waals surface area contributed by atoms with Gasteiger partial charge in [0.15, 0.2) is 5.13 Å². The van der Waals surface area contributed by atoms with Gasteiger partial charge in [-0.05, 0) is 39.1 Å². The first kappa shape index (κ1) is 20.9. The van der Waals surface area contributed by atoms with Crippen molar-refractivity contribution in [3.8, 4) is 5.75 Å². The number of likely N-dealkylation sites (N-methyl/N-ethyl adjacent to an activating group) is 1. The number of benzene rings is 1. The zero-order valence-electron chi connectivity index (χ0n) is 15.7. The van der Waals surface area contributed by atoms with Crippen LogP contribution in [-0.2, 0) is 4.79 Å². The summed E-state index contributed by atoms with van der Waals surface area (Å²) < 4.78 is 6.38. The van der Waals surface area contributed by atoms with Gasteiger partial charge < -0.3 is 9.64 Å². The van der Waals surface area contributed by atoms with Crippen LogP contribution in [0.1, 0.15) is 32.1 Å². The van der Waals surface area contributed by atoms with Crippen LogP contribution in [0.25, 0.3) is 10.2 Å². The van der Waals surface area contributed by atoms with Crippen molar-refractivity contribution in [3.63, 3.8) is 0 Å². The van der Waals surface area contributed by atoms with Crippen molar-refractivity contribution in [2.24, 2.45) is 5.92 Å². The first-order valence-electron chi connectivity index (χ1n) is 8.99. The maximum atomic E-state index is 13.2. The van der Waals surface area contributed by atoms with Crippen molar-refractivity contribution in [1.82, 2.24) is 9.88 Å². The normalized spacial score (nSPS) is 15.1. The summed E-state index contributed by atoms with van der Waals surface area (Å²) in [5.41, 5.74) is 0.894. The summed E-state index contributed by atoms with van der Waals surface area (Å²) in [4.78, 5) is 21.9. The third kappa shape index (κ3) is 4.87. The number of thiazole rings is 1. The van der Waals surface area contributed by atoms with Gasteiger partial charge in [0, 0.05) is 25.1 Å². The lowest BCUT2D eigenvalue weighted by molar-refractivity contribution is -0.123. The fourth-order valence-corrected chi connectivity index (χ4v) is 4.28. The maximum Gasteiger partial charge on any atom is 0.231 e. The van der Waals surface area contributed by atoms with E-state index in [4.69, 9.17) is 9.72 Å². The second kappa shape index (κ2) is 9.53. The zero-order chi connectivity index (χ0) is 17.8. The summed E-state index contributed by atoms with van der Waals surface area (Å²) in [6.07, 6.45) is 5.60. The van der Waals surface area contributed by atoms with E-state index in [2.05, 4.69) is 4.90 Å². The summed E-state index contributed by atoms with van der Waals surface area (Å²) in [7, 11) is 5.73. The molecule has 1 aromatic heterocycles. The van der Waals surface area contributed by atoms with E-state index in [-0.39, 0.29) is 24.2 Å². The molecule has 0 atom stereocenters. The van der Waals surface area contributed by atoms with E-state index in [0.717, 1.165) is 53.3 Å². The Morgan fingerprint density at radius 3 is 2.62 bits per heavy atom. The number of hydrogen-bond acceptors (Lipinski definition) is 5. The molecule has 0 saturated heterocycles. The van der Waals surface area contributed by atoms with Crippen LogP contribution in [0, 0.1) is 5.92 Å². The van der Waals surface area contributed by atoms with Crippen molar-refractivity contribution in [2.45, 2.75) is 32.1 Å². The minimum Gasteiger partial charge on any atom is -0.497 e. The Morgan fingerprint density at radius 2 is 1.96 bits per heavy atom. The summed E-state index contributed by atoms with van der Waals surface area (Å²) in [6.45, 7) is 1.51. The molecule has 7 heteroatoms. The monoisotopic (exact) mass is 397 g/mol. The number of anilines is 1. The molecule has 1 aliphatic rings. The third-order valence-electron chi connectivity index (χ3n) is 4.81. The number of fused-ring (bicyclic) bond motifs is 1. The van der Waals surface area contributed by atoms with Crippen molar-refractivity contribution in [2.75, 3.05) is 39.2 Å². The number of carbonyl (C=O) groups is 1. The fourth-order valence-electron chi connectivity index (χ4n) is 3.31. The second-order valence-electron chi connectivity index (χ2n) is 6.96. The van der Waals surface area contributed by atoms with Crippen LogP contribution in [-0.4, -0.2) is 50.1 Å². The number of carbonyl (C=O) groups excluding carboxylic acids is 1. The van der Waals surface area contributed by atoms with Gasteiger partial charge in [0.05, 0.1) is 17.3 Å². The number of amides is 1. The van der Waals surface area contributed by atoms with E-state index < -0.39 is 0 Å². The molecule has 0 spiro atoms. The molecule has 0 bridgehead atoms. The van der Waals surface area contributed by atoms with Gasteiger partial charge in [-0.1, -0.05) is 30.6 Å². The predicted octanol–water partition coefficient (Wildman–Crippen LogP) is 4.20. The number of nitrogens with zero attached hydrogens (tertiary/aromatic N) is 3. The number of methoxy groups -OCH3 is 1. The predicted molar refractivity (Wildman–Crippen MR) is 111 cm³/mol. The summed E-state index contributed by atoms with van der Waals surface area (Å²) in [5, 5.41) is 0.806. The summed E-state index contributed by atoms with van der Waals surface area (Å²) >= 11 is 1.59. The molecular formula is C19H28ClN3O2S. The van der Waals surface area contributed by atoms with Gasteiger partial charge in [-0.15, -0.1) is 12.4 Å². The van der Waals surface area contributed by atoms with Gasteiger partial charge in [-0.2, -0.15) is 0 Å². The van der Waals surface area contributed by atoms with Crippen molar-refractivity contribution in [1.29, 1.82) is 0 Å². The van der Waals surface area contributed by atoms with Crippen molar-refractivity contribution >= 4 is 45.0 Å². The third-order valence-corrected chi connectivity index (χ3v) is 5.86. The molecule has 26 heavy (non-hydrogen) atoms. The molecule has 1 saturated carbocycles. The highest BCUT2D eigenvalue weighted by Crippen LogP contribution is 2.33. The minimum absolute atomic E-state index is 0. The maximum absolute atomic E-state index is 13.2. The van der Waals surface area contributed by atoms with Crippen LogP contribution >= 0.6 is 23.7 Å². The Morgan fingerprint density at radius 1 is 1.23 bits per heavy atom. The van der Waals surface area contributed by atoms with Gasteiger partial charge in [-0.25, -0.2) is 4.98 Å². The number of halogens is 1. The molecule has 1 aliphatic carbocycles. The Labute approximate surface area is 165 Å². The SMILES string of the molecule is COc1ccc2sc(N(CCN(C)C)C(=O)C3CCCCC3)nc2c1.Cl. The average molecular weight is 398 g/mol. The first-order chi connectivity index (χ1) is 12.1. The standard InChI is InChI=1S/C19H27N3O2S.ClH/c1-21(2)11-12-22(18(23)14-7-5-4-6-8-14)19-20-16-13-15(24-3)9-10-17(16)25-19;/h9-10,13-14H,4-8,11-12H2,1-3H3;1H. The highest BCUT2D eigenvalue weighted by atomic mass is 35.5. The largest absolute Gasteiger partial charge is 0.497 e. The number of ether oxygens (including phenoxy) is 1. The van der Waals surface area contributed by atoms with Crippen LogP contribution in [0.2, 0.25) is 0 Å². The first-order valence-corrected chi connectivity index (χ1v) is 9.81. The fraction of sp³-hybridized carbons (Fsp3) is 0.579. The molecule has 3 rings (SSSR count). The number of aromatic nitrogens is 1. The molecule has 2 aromatic rings. The average Bonchev–Trinajstić information content (AvgIpc) is 3.04. The number of hydrogen-bond donors (Lipinski definition) is 0. The molecule has 5 nitrogen and oxygen atoms in total. The van der Waals surface area contributed by atoms with Gasteiger partial charge >= 0.3 is 0 Å². The molecule has 0 radical (unpaired) electrons. The Bertz CT molecular complexity index is 729. The number of rotatable bonds is 6. The molecule has 0 unspecified atom stereocenters. The highest BCUT2D eigenvalue weighted by Gasteiger charge is 2.28. The van der Waals surface area contributed by atoms with E-state index in [1.54, 1.807) is 18.4 Å². The molecular weight excluding hydrogens is 370 g/mol. The van der Waals surface area contributed by atoms with Gasteiger partial charge in [0.1, 0.15) is 5.75 Å². The molecule has 1 amide bonds. The van der Waals surface area contributed by atoms with Gasteiger partial charge in [0.25, 0.3) is 0 Å². The van der Waals surface area contributed by atoms with Crippen LogP contribution in [0.5, 0.6) is 5.75 Å². The molecule has 1 fully saturated rings. The molecule has 144 valence electrons. The van der Waals surface area contributed by atoms with Gasteiger partial charge in [-0.3, -0.25) is 9.69 Å². The lowest BCUT2D eigenvalue weighted by atomic mass is 9.88. The van der Waals surface area contributed by atoms with Gasteiger partial charge in [0.2, 0.25) is 5.91 Å². The summed E-state index contributed by atoms with van der Waals surface area (Å²) in [5.74, 6) is 1.19. The Hall–Kier alpha value is -1.37. The molecule has 1 heterocycles. The topological polar surface area (TPSA) is 45.7 Å². The highest BCUT2D eigenvalue weighted by molar-refractivity contribution is 7.22. The van der Waals surface area contributed by atoms with E-state index in [9.17, 15) is 4.79 Å². The van der Waals surface area contributed by atoms with Crippen molar-refractivity contribution in [3.05, 3.63) is 18.2 Å². The van der Waals surface area contributed by atoms with E-state index in [0.29, 0.717) is 6.54 Å². The van der Waals surface area contributed by atoms with E-state index >= 15 is 0 Å². The Balaban J connectivity index is 0.00000243. The minimum atomic E-state index is 0. The quantitative estimate of drug-likeness (QED) is 0.732. The van der Waals surface area contributed by atoms with Crippen LogP contribution in [0.4, 0.5) is 5.13 Å². The van der Waals surface area contributed by atoms with E-state index in [1.807, 2.05) is 37.2 Å². The van der Waals surface area contributed by atoms with Crippen LogP contribution < -0.4 is 9.64 Å². The molecule has 0 aliphatic heterocycles. The molecule has 1 aromatic carbocycles. The lowest BCUT2D eigenvalue weighted by Crippen LogP contribution is -2.41. The van der Waals surface area contributed by atoms with Crippen LogP contribution in [0.15, 0.2) is 18.2 Å². The lowest BCUT2D eigenvalue weighted by Gasteiger charge is -2.28. The summed E-state index contributed by atoms with van der Waals surface area (Å²) in [6, 6.07) is 5.90. The smallest absolute Gasteiger partial charge is 0.231 e. The van der Waals surface area contributed by atoms with E-state index in [1.165, 1.54) is 6.42 Å². The zero-order valence-corrected chi connectivity index (χ0v) is 17.4. The second-order valence-corrected chi connectivity index (χ2v) is 7.97. The van der Waals surface area contributed by atoms with Crippen LogP contribution in [0.3, 0.4) is 0 Å². The Kier molecular flexibility index (Phi) is 7.68. The molecule has 0 N–H and O–H groups in total. The van der Waals surface area contributed by atoms with Crippen molar-refractivity contribution < 1.29 is 9.53 Å².